The monoisotopic (exact) mass is 315 g/mol. The van der Waals surface area contributed by atoms with E-state index in [4.69, 9.17) is 10.00 Å². The molecule has 2 amide bonds. The van der Waals surface area contributed by atoms with E-state index < -0.39 is 0 Å². The number of nitriles is 1. The Hall–Kier alpha value is -2.39. The van der Waals surface area contributed by atoms with Gasteiger partial charge < -0.3 is 15.4 Å². The van der Waals surface area contributed by atoms with E-state index >= 15 is 0 Å². The van der Waals surface area contributed by atoms with Crippen LogP contribution in [0.5, 0.6) is 0 Å². The maximum absolute atomic E-state index is 12.2. The summed E-state index contributed by atoms with van der Waals surface area (Å²) in [5.41, 5.74) is 1.51. The van der Waals surface area contributed by atoms with E-state index in [-0.39, 0.29) is 24.8 Å². The largest absolute Gasteiger partial charge is 0.381 e. The van der Waals surface area contributed by atoms with E-state index in [1.165, 1.54) is 0 Å². The number of carbonyl (C=O) groups is 2. The number of anilines is 1. The first-order valence-corrected chi connectivity index (χ1v) is 7.78. The molecule has 1 aromatic rings. The van der Waals surface area contributed by atoms with Crippen LogP contribution in [0.4, 0.5) is 5.69 Å². The van der Waals surface area contributed by atoms with Gasteiger partial charge in [0.25, 0.3) is 0 Å². The fraction of sp³-hybridized carbons (Fsp3) is 0.471. The fourth-order valence-corrected chi connectivity index (χ4v) is 2.54. The quantitative estimate of drug-likeness (QED) is 0.839. The Balaban J connectivity index is 1.90. The summed E-state index contributed by atoms with van der Waals surface area (Å²) in [7, 11) is 0. The molecule has 1 aromatic carbocycles. The molecule has 1 saturated heterocycles. The molecule has 0 saturated carbocycles. The highest BCUT2D eigenvalue weighted by molar-refractivity contribution is 5.91. The number of hydrogen-bond donors (Lipinski definition) is 2. The molecule has 2 N–H and O–H groups in total. The van der Waals surface area contributed by atoms with E-state index in [9.17, 15) is 9.59 Å². The molecule has 1 fully saturated rings. The van der Waals surface area contributed by atoms with Crippen LogP contribution in [-0.2, 0) is 20.9 Å². The van der Waals surface area contributed by atoms with Crippen molar-refractivity contribution in [3.8, 4) is 6.07 Å². The molecule has 0 aromatic heterocycles. The minimum Gasteiger partial charge on any atom is -0.381 e. The standard InChI is InChI=1S/C17H21N3O3/c18-8-5-16(21)19-12-14-3-1-2-4-15(14)20-17(22)11-13-6-9-23-10-7-13/h1-4,13H,5-7,9-12H2,(H,19,21)(H,20,22). The number of rotatable bonds is 6. The predicted molar refractivity (Wildman–Crippen MR) is 85.3 cm³/mol. The molecule has 0 unspecified atom stereocenters. The normalized spacial score (nSPS) is 14.7. The zero-order chi connectivity index (χ0) is 16.5. The van der Waals surface area contributed by atoms with Gasteiger partial charge in [-0.05, 0) is 30.4 Å². The van der Waals surface area contributed by atoms with Crippen molar-refractivity contribution in [2.24, 2.45) is 5.92 Å². The highest BCUT2D eigenvalue weighted by Crippen LogP contribution is 2.20. The summed E-state index contributed by atoms with van der Waals surface area (Å²) in [5.74, 6) is 0.0229. The molecule has 0 aliphatic carbocycles. The fourth-order valence-electron chi connectivity index (χ4n) is 2.54. The minimum absolute atomic E-state index is 0.0206. The Labute approximate surface area is 135 Å². The number of hydrogen-bond acceptors (Lipinski definition) is 4. The molecule has 122 valence electrons. The Morgan fingerprint density at radius 3 is 2.70 bits per heavy atom. The van der Waals surface area contributed by atoms with Crippen molar-refractivity contribution in [1.82, 2.24) is 5.32 Å². The lowest BCUT2D eigenvalue weighted by molar-refractivity contribution is -0.120. The zero-order valence-corrected chi connectivity index (χ0v) is 13.0. The summed E-state index contributed by atoms with van der Waals surface area (Å²) in [6.07, 6.45) is 2.15. The maximum Gasteiger partial charge on any atom is 0.234 e. The number of carbonyl (C=O) groups excluding carboxylic acids is 2. The van der Waals surface area contributed by atoms with Crippen LogP contribution in [0.3, 0.4) is 0 Å². The third-order valence-corrected chi connectivity index (χ3v) is 3.82. The summed E-state index contributed by atoms with van der Waals surface area (Å²) in [5, 5.41) is 14.1. The van der Waals surface area contributed by atoms with Gasteiger partial charge in [0, 0.05) is 31.9 Å². The number of nitrogens with one attached hydrogen (secondary N) is 2. The molecule has 1 aliphatic rings. The molecular formula is C17H21N3O3. The van der Waals surface area contributed by atoms with Crippen LogP contribution in [0.25, 0.3) is 0 Å². The van der Waals surface area contributed by atoms with Gasteiger partial charge in [0.1, 0.15) is 6.42 Å². The molecule has 2 rings (SSSR count). The van der Waals surface area contributed by atoms with Crippen LogP contribution in [-0.4, -0.2) is 25.0 Å². The number of benzene rings is 1. The lowest BCUT2D eigenvalue weighted by atomic mass is 9.96. The van der Waals surface area contributed by atoms with Gasteiger partial charge in [-0.15, -0.1) is 0 Å². The Morgan fingerprint density at radius 2 is 1.96 bits per heavy atom. The summed E-state index contributed by atoms with van der Waals surface area (Å²) in [4.78, 5) is 23.6. The van der Waals surface area contributed by atoms with Crippen molar-refractivity contribution < 1.29 is 14.3 Å². The van der Waals surface area contributed by atoms with E-state index in [0.717, 1.165) is 31.6 Å². The molecule has 0 atom stereocenters. The summed E-state index contributed by atoms with van der Waals surface area (Å²) < 4.78 is 5.30. The average Bonchev–Trinajstić information content (AvgIpc) is 2.55. The van der Waals surface area contributed by atoms with Crippen molar-refractivity contribution >= 4 is 17.5 Å². The van der Waals surface area contributed by atoms with Crippen LogP contribution in [0.15, 0.2) is 24.3 Å². The third-order valence-electron chi connectivity index (χ3n) is 3.82. The van der Waals surface area contributed by atoms with Crippen molar-refractivity contribution in [2.45, 2.75) is 32.2 Å². The van der Waals surface area contributed by atoms with Gasteiger partial charge >= 0.3 is 0 Å². The first-order chi connectivity index (χ1) is 11.2. The second-order valence-electron chi connectivity index (χ2n) is 5.58. The van der Waals surface area contributed by atoms with Gasteiger partial charge in [-0.3, -0.25) is 9.59 Å². The van der Waals surface area contributed by atoms with Crippen molar-refractivity contribution in [3.63, 3.8) is 0 Å². The van der Waals surface area contributed by atoms with E-state index in [0.29, 0.717) is 18.0 Å². The lowest BCUT2D eigenvalue weighted by Crippen LogP contribution is -2.24. The second kappa shape index (κ2) is 8.91. The number of amides is 2. The summed E-state index contributed by atoms with van der Waals surface area (Å²) >= 11 is 0. The van der Waals surface area contributed by atoms with Crippen molar-refractivity contribution in [3.05, 3.63) is 29.8 Å². The highest BCUT2D eigenvalue weighted by Gasteiger charge is 2.18. The summed E-state index contributed by atoms with van der Waals surface area (Å²) in [6, 6.07) is 9.15. The third kappa shape index (κ3) is 5.72. The number of ether oxygens (including phenoxy) is 1. The Kier molecular flexibility index (Phi) is 6.57. The highest BCUT2D eigenvalue weighted by atomic mass is 16.5. The first-order valence-electron chi connectivity index (χ1n) is 7.78. The number of nitrogens with zero attached hydrogens (tertiary/aromatic N) is 1. The van der Waals surface area contributed by atoms with Gasteiger partial charge in [-0.25, -0.2) is 0 Å². The average molecular weight is 315 g/mol. The SMILES string of the molecule is N#CCC(=O)NCc1ccccc1NC(=O)CC1CCOCC1. The van der Waals surface area contributed by atoms with Crippen molar-refractivity contribution in [2.75, 3.05) is 18.5 Å². The predicted octanol–water partition coefficient (Wildman–Crippen LogP) is 1.97. The van der Waals surface area contributed by atoms with Gasteiger partial charge in [0.05, 0.1) is 6.07 Å². The minimum atomic E-state index is -0.323. The smallest absolute Gasteiger partial charge is 0.234 e. The maximum atomic E-state index is 12.2. The molecular weight excluding hydrogens is 294 g/mol. The van der Waals surface area contributed by atoms with E-state index in [1.807, 2.05) is 24.3 Å². The van der Waals surface area contributed by atoms with Gasteiger partial charge in [-0.1, -0.05) is 18.2 Å². The molecule has 23 heavy (non-hydrogen) atoms. The second-order valence-corrected chi connectivity index (χ2v) is 5.58. The number of para-hydroxylation sites is 1. The van der Waals surface area contributed by atoms with Crippen LogP contribution in [0.2, 0.25) is 0 Å². The van der Waals surface area contributed by atoms with Crippen molar-refractivity contribution in [1.29, 1.82) is 5.26 Å². The van der Waals surface area contributed by atoms with Crippen LogP contribution in [0, 0.1) is 17.2 Å². The molecule has 1 aliphatic heterocycles. The molecule has 0 bridgehead atoms. The van der Waals surface area contributed by atoms with Crippen LogP contribution in [0.1, 0.15) is 31.2 Å². The zero-order valence-electron chi connectivity index (χ0n) is 13.0. The topological polar surface area (TPSA) is 91.2 Å². The Bertz CT molecular complexity index is 589. The molecule has 0 spiro atoms. The molecule has 1 heterocycles. The van der Waals surface area contributed by atoms with Crippen LogP contribution >= 0.6 is 0 Å². The van der Waals surface area contributed by atoms with E-state index in [2.05, 4.69) is 10.6 Å². The first kappa shape index (κ1) is 17.0. The summed E-state index contributed by atoms with van der Waals surface area (Å²) in [6.45, 7) is 1.73. The van der Waals surface area contributed by atoms with Crippen LogP contribution < -0.4 is 10.6 Å². The van der Waals surface area contributed by atoms with Gasteiger partial charge in [0.15, 0.2) is 0 Å². The molecule has 6 heteroatoms. The van der Waals surface area contributed by atoms with Gasteiger partial charge in [0.2, 0.25) is 11.8 Å². The van der Waals surface area contributed by atoms with E-state index in [1.54, 1.807) is 6.07 Å². The lowest BCUT2D eigenvalue weighted by Gasteiger charge is -2.21. The Morgan fingerprint density at radius 1 is 1.22 bits per heavy atom. The molecule has 6 nitrogen and oxygen atoms in total. The van der Waals surface area contributed by atoms with Gasteiger partial charge in [-0.2, -0.15) is 5.26 Å². The molecule has 0 radical (unpaired) electrons.